The van der Waals surface area contributed by atoms with Crippen LogP contribution in [0.3, 0.4) is 0 Å². The van der Waals surface area contributed by atoms with Crippen LogP contribution in [0.25, 0.3) is 0 Å². The molecule has 1 saturated heterocycles. The molecule has 17 heavy (non-hydrogen) atoms. The van der Waals surface area contributed by atoms with Crippen molar-refractivity contribution >= 4 is 21.6 Å². The van der Waals surface area contributed by atoms with Gasteiger partial charge in [0.05, 0.1) is 4.90 Å². The Morgan fingerprint density at radius 3 is 2.82 bits per heavy atom. The summed E-state index contributed by atoms with van der Waals surface area (Å²) in [4.78, 5) is 0.222. The minimum Gasteiger partial charge on any atom is -0.315 e. The third-order valence-electron chi connectivity index (χ3n) is 2.84. The molecule has 1 aromatic rings. The average molecular weight is 275 g/mol. The lowest BCUT2D eigenvalue weighted by Gasteiger charge is -2.12. The molecule has 0 saturated carbocycles. The summed E-state index contributed by atoms with van der Waals surface area (Å²) in [5, 5.41) is 3.58. The number of benzene rings is 1. The standard InChI is InChI=1S/C11H15ClN2O2S/c1-8-2-3-10(6-11(8)12)17(15,16)14-9-4-5-13-7-9/h2-3,6,9,13-14H,4-5,7H2,1H3. The van der Waals surface area contributed by atoms with E-state index in [9.17, 15) is 8.42 Å². The maximum absolute atomic E-state index is 12.1. The molecule has 0 amide bonds. The van der Waals surface area contributed by atoms with Gasteiger partial charge in [0.1, 0.15) is 0 Å². The fourth-order valence-electron chi connectivity index (χ4n) is 1.78. The predicted molar refractivity (Wildman–Crippen MR) is 67.8 cm³/mol. The third-order valence-corrected chi connectivity index (χ3v) is 4.76. The lowest BCUT2D eigenvalue weighted by atomic mass is 10.2. The van der Waals surface area contributed by atoms with E-state index < -0.39 is 10.0 Å². The molecule has 0 aromatic heterocycles. The Balaban J connectivity index is 2.21. The molecule has 0 aliphatic carbocycles. The van der Waals surface area contributed by atoms with Gasteiger partial charge in [-0.15, -0.1) is 0 Å². The molecule has 1 fully saturated rings. The summed E-state index contributed by atoms with van der Waals surface area (Å²) in [7, 11) is -3.46. The summed E-state index contributed by atoms with van der Waals surface area (Å²) in [5.41, 5.74) is 0.869. The largest absolute Gasteiger partial charge is 0.315 e. The van der Waals surface area contributed by atoms with Gasteiger partial charge in [0.15, 0.2) is 0 Å². The van der Waals surface area contributed by atoms with Gasteiger partial charge in [-0.2, -0.15) is 0 Å². The Bertz CT molecular complexity index is 510. The van der Waals surface area contributed by atoms with E-state index in [1.54, 1.807) is 12.1 Å². The smallest absolute Gasteiger partial charge is 0.240 e. The molecule has 94 valence electrons. The van der Waals surface area contributed by atoms with Crippen LogP contribution in [0.4, 0.5) is 0 Å². The van der Waals surface area contributed by atoms with Crippen LogP contribution >= 0.6 is 11.6 Å². The maximum Gasteiger partial charge on any atom is 0.240 e. The second kappa shape index (κ2) is 4.94. The lowest BCUT2D eigenvalue weighted by molar-refractivity contribution is 0.560. The molecule has 1 unspecified atom stereocenters. The van der Waals surface area contributed by atoms with Gasteiger partial charge < -0.3 is 5.32 Å². The fourth-order valence-corrected chi connectivity index (χ4v) is 3.32. The summed E-state index contributed by atoms with van der Waals surface area (Å²) < 4.78 is 26.8. The van der Waals surface area contributed by atoms with Crippen LogP contribution < -0.4 is 10.0 Å². The first kappa shape index (κ1) is 12.8. The topological polar surface area (TPSA) is 58.2 Å². The average Bonchev–Trinajstić information content (AvgIpc) is 2.73. The maximum atomic E-state index is 12.1. The van der Waals surface area contributed by atoms with E-state index in [2.05, 4.69) is 10.0 Å². The summed E-state index contributed by atoms with van der Waals surface area (Å²) in [6.07, 6.45) is 0.818. The summed E-state index contributed by atoms with van der Waals surface area (Å²) in [5.74, 6) is 0. The predicted octanol–water partition coefficient (Wildman–Crippen LogP) is 1.29. The molecule has 1 aliphatic rings. The van der Waals surface area contributed by atoms with Crippen molar-refractivity contribution < 1.29 is 8.42 Å². The van der Waals surface area contributed by atoms with Gasteiger partial charge in [-0.25, -0.2) is 13.1 Å². The quantitative estimate of drug-likeness (QED) is 0.873. The number of aryl methyl sites for hydroxylation is 1. The highest BCUT2D eigenvalue weighted by molar-refractivity contribution is 7.89. The van der Waals surface area contributed by atoms with E-state index in [4.69, 9.17) is 11.6 Å². The van der Waals surface area contributed by atoms with Crippen LogP contribution in [0.5, 0.6) is 0 Å². The zero-order valence-electron chi connectivity index (χ0n) is 9.53. The summed E-state index contributed by atoms with van der Waals surface area (Å²) >= 11 is 5.93. The molecule has 0 spiro atoms. The molecule has 0 bridgehead atoms. The number of halogens is 1. The highest BCUT2D eigenvalue weighted by Crippen LogP contribution is 2.20. The van der Waals surface area contributed by atoms with Crippen molar-refractivity contribution in [2.24, 2.45) is 0 Å². The SMILES string of the molecule is Cc1ccc(S(=O)(=O)NC2CCNC2)cc1Cl. The van der Waals surface area contributed by atoms with Crippen LogP contribution in [0.15, 0.2) is 23.1 Å². The fraction of sp³-hybridized carbons (Fsp3) is 0.455. The molecule has 1 aliphatic heterocycles. The molecular weight excluding hydrogens is 260 g/mol. The highest BCUT2D eigenvalue weighted by atomic mass is 35.5. The Morgan fingerprint density at radius 2 is 2.24 bits per heavy atom. The lowest BCUT2D eigenvalue weighted by Crippen LogP contribution is -2.36. The van der Waals surface area contributed by atoms with Crippen molar-refractivity contribution in [3.63, 3.8) is 0 Å². The molecule has 4 nitrogen and oxygen atoms in total. The van der Waals surface area contributed by atoms with Gasteiger partial charge in [0, 0.05) is 17.6 Å². The molecule has 1 aromatic carbocycles. The molecule has 1 heterocycles. The minimum absolute atomic E-state index is 0.0277. The molecule has 2 N–H and O–H groups in total. The summed E-state index contributed by atoms with van der Waals surface area (Å²) in [6, 6.07) is 4.75. The first-order valence-corrected chi connectivity index (χ1v) is 7.34. The van der Waals surface area contributed by atoms with Gasteiger partial charge in [0.2, 0.25) is 10.0 Å². The van der Waals surface area contributed by atoms with Crippen molar-refractivity contribution in [1.82, 2.24) is 10.0 Å². The van der Waals surface area contributed by atoms with Crippen molar-refractivity contribution in [3.05, 3.63) is 28.8 Å². The van der Waals surface area contributed by atoms with Crippen molar-refractivity contribution in [1.29, 1.82) is 0 Å². The van der Waals surface area contributed by atoms with E-state index in [1.807, 2.05) is 6.92 Å². The Morgan fingerprint density at radius 1 is 1.47 bits per heavy atom. The van der Waals surface area contributed by atoms with Crippen LogP contribution in [-0.2, 0) is 10.0 Å². The van der Waals surface area contributed by atoms with E-state index in [1.165, 1.54) is 6.07 Å². The van der Waals surface area contributed by atoms with Crippen molar-refractivity contribution in [3.8, 4) is 0 Å². The van der Waals surface area contributed by atoms with Gasteiger partial charge in [-0.05, 0) is 37.6 Å². The first-order chi connectivity index (χ1) is 7.99. The van der Waals surface area contributed by atoms with Crippen LogP contribution in [-0.4, -0.2) is 27.5 Å². The number of hydrogen-bond donors (Lipinski definition) is 2. The molecule has 0 radical (unpaired) electrons. The van der Waals surface area contributed by atoms with E-state index in [0.29, 0.717) is 11.6 Å². The number of hydrogen-bond acceptors (Lipinski definition) is 3. The molecule has 1 atom stereocenters. The molecule has 2 rings (SSSR count). The Kier molecular flexibility index (Phi) is 3.73. The second-order valence-electron chi connectivity index (χ2n) is 4.22. The van der Waals surface area contributed by atoms with Gasteiger partial charge in [0.25, 0.3) is 0 Å². The monoisotopic (exact) mass is 274 g/mol. The first-order valence-electron chi connectivity index (χ1n) is 5.48. The van der Waals surface area contributed by atoms with Crippen LogP contribution in [0, 0.1) is 6.92 Å². The normalized spacial score (nSPS) is 20.7. The zero-order valence-corrected chi connectivity index (χ0v) is 11.1. The van der Waals surface area contributed by atoms with E-state index >= 15 is 0 Å². The van der Waals surface area contributed by atoms with Crippen molar-refractivity contribution in [2.75, 3.05) is 13.1 Å². The second-order valence-corrected chi connectivity index (χ2v) is 6.34. The number of rotatable bonds is 3. The summed E-state index contributed by atoms with van der Waals surface area (Å²) in [6.45, 7) is 3.37. The highest BCUT2D eigenvalue weighted by Gasteiger charge is 2.22. The van der Waals surface area contributed by atoms with Gasteiger partial charge >= 0.3 is 0 Å². The van der Waals surface area contributed by atoms with Crippen LogP contribution in [0.2, 0.25) is 5.02 Å². The van der Waals surface area contributed by atoms with Gasteiger partial charge in [-0.3, -0.25) is 0 Å². The third kappa shape index (κ3) is 2.98. The van der Waals surface area contributed by atoms with Gasteiger partial charge in [-0.1, -0.05) is 17.7 Å². The van der Waals surface area contributed by atoms with Crippen molar-refractivity contribution in [2.45, 2.75) is 24.3 Å². The Labute approximate surface area is 106 Å². The number of nitrogens with one attached hydrogen (secondary N) is 2. The number of sulfonamides is 1. The molecule has 6 heteroatoms. The molecular formula is C11H15ClN2O2S. The zero-order chi connectivity index (χ0) is 12.5. The van der Waals surface area contributed by atoms with Crippen LogP contribution in [0.1, 0.15) is 12.0 Å². The Hall–Kier alpha value is -0.620. The minimum atomic E-state index is -3.46. The van der Waals surface area contributed by atoms with E-state index in [0.717, 1.165) is 18.5 Å². The van der Waals surface area contributed by atoms with E-state index in [-0.39, 0.29) is 10.9 Å².